The van der Waals surface area contributed by atoms with E-state index >= 15 is 0 Å². The Morgan fingerprint density at radius 2 is 1.69 bits per heavy atom. The van der Waals surface area contributed by atoms with Gasteiger partial charge in [-0.25, -0.2) is 9.82 Å². The smallest absolute Gasteiger partial charge is 0.273 e. The van der Waals surface area contributed by atoms with Gasteiger partial charge in [0.2, 0.25) is 0 Å². The predicted molar refractivity (Wildman–Crippen MR) is 101 cm³/mol. The fourth-order valence-electron chi connectivity index (χ4n) is 2.92. The Morgan fingerprint density at radius 3 is 2.35 bits per heavy atom. The number of para-hydroxylation sites is 1. The van der Waals surface area contributed by atoms with Crippen LogP contribution in [0.25, 0.3) is 5.69 Å². The molecule has 0 spiro atoms. The summed E-state index contributed by atoms with van der Waals surface area (Å²) in [5.41, 5.74) is 7.34. The lowest BCUT2D eigenvalue weighted by atomic mass is 10.1. The fourth-order valence-corrected chi connectivity index (χ4v) is 2.92. The molecule has 0 saturated carbocycles. The fraction of sp³-hybridized carbons (Fsp3) is 0.143. The summed E-state index contributed by atoms with van der Waals surface area (Å²) in [5, 5.41) is 4.14. The van der Waals surface area contributed by atoms with Gasteiger partial charge in [0.05, 0.1) is 11.3 Å². The third-order valence-electron chi connectivity index (χ3n) is 4.28. The highest BCUT2D eigenvalue weighted by molar-refractivity contribution is 6.01. The van der Waals surface area contributed by atoms with Gasteiger partial charge in [-0.15, -0.1) is 0 Å². The molecule has 0 fully saturated rings. The number of amides is 1. The predicted octanol–water partition coefficient (Wildman–Crippen LogP) is 4.39. The molecule has 0 atom stereocenters. The largest absolute Gasteiger partial charge is 0.318 e. The second-order valence-electron chi connectivity index (χ2n) is 6.10. The van der Waals surface area contributed by atoms with Crippen LogP contribution >= 0.6 is 0 Å². The Balaban J connectivity index is 1.83. The van der Waals surface area contributed by atoms with Gasteiger partial charge in [-0.2, -0.15) is 5.10 Å². The monoisotopic (exact) mass is 349 g/mol. The second-order valence-corrected chi connectivity index (χ2v) is 6.10. The van der Waals surface area contributed by atoms with Crippen LogP contribution < -0.4 is 5.43 Å². The van der Waals surface area contributed by atoms with Gasteiger partial charge in [-0.05, 0) is 56.7 Å². The molecule has 0 aliphatic heterocycles. The van der Waals surface area contributed by atoms with Crippen LogP contribution in [0.5, 0.6) is 0 Å². The van der Waals surface area contributed by atoms with E-state index in [0.717, 1.165) is 22.6 Å². The van der Waals surface area contributed by atoms with Crippen molar-refractivity contribution in [3.05, 3.63) is 89.0 Å². The molecule has 0 unspecified atom stereocenters. The molecule has 1 heterocycles. The van der Waals surface area contributed by atoms with E-state index in [4.69, 9.17) is 0 Å². The molecule has 5 heteroatoms. The quantitative estimate of drug-likeness (QED) is 0.551. The van der Waals surface area contributed by atoms with Crippen molar-refractivity contribution in [3.8, 4) is 5.69 Å². The molecule has 4 nitrogen and oxygen atoms in total. The van der Waals surface area contributed by atoms with Crippen LogP contribution in [0.15, 0.2) is 65.8 Å². The first-order chi connectivity index (χ1) is 12.5. The molecule has 1 aromatic heterocycles. The Hall–Kier alpha value is -3.21. The number of rotatable bonds is 4. The van der Waals surface area contributed by atoms with Gasteiger partial charge in [0.1, 0.15) is 5.82 Å². The van der Waals surface area contributed by atoms with E-state index in [1.54, 1.807) is 19.1 Å². The van der Waals surface area contributed by atoms with E-state index in [1.807, 2.05) is 54.8 Å². The number of aromatic nitrogens is 1. The van der Waals surface area contributed by atoms with Gasteiger partial charge in [0, 0.05) is 17.1 Å². The Labute approximate surface area is 152 Å². The molecule has 3 aromatic rings. The standard InChI is InChI=1S/C21H20FN3O/c1-14-13-20(16(3)25(14)19-7-5-4-6-8-19)21(26)24-23-15(2)17-9-11-18(22)12-10-17/h4-13H,1-3H3,(H,24,26)/b23-15-. The van der Waals surface area contributed by atoms with Crippen molar-refractivity contribution in [1.82, 2.24) is 9.99 Å². The summed E-state index contributed by atoms with van der Waals surface area (Å²) in [7, 11) is 0. The lowest BCUT2D eigenvalue weighted by Gasteiger charge is -2.09. The molecular weight excluding hydrogens is 329 g/mol. The zero-order valence-electron chi connectivity index (χ0n) is 15.0. The second kappa shape index (κ2) is 7.35. The third kappa shape index (κ3) is 3.57. The topological polar surface area (TPSA) is 46.4 Å². The molecule has 1 N–H and O–H groups in total. The number of benzene rings is 2. The van der Waals surface area contributed by atoms with Gasteiger partial charge in [0.25, 0.3) is 5.91 Å². The van der Waals surface area contributed by atoms with Crippen molar-refractivity contribution in [3.63, 3.8) is 0 Å². The van der Waals surface area contributed by atoms with Gasteiger partial charge < -0.3 is 4.57 Å². The van der Waals surface area contributed by atoms with E-state index in [-0.39, 0.29) is 11.7 Å². The summed E-state index contributed by atoms with van der Waals surface area (Å²) >= 11 is 0. The maximum absolute atomic E-state index is 13.0. The Morgan fingerprint density at radius 1 is 1.04 bits per heavy atom. The number of aryl methyl sites for hydroxylation is 1. The number of carbonyl (C=O) groups is 1. The van der Waals surface area contributed by atoms with Crippen LogP contribution in [0.1, 0.15) is 34.2 Å². The number of nitrogens with one attached hydrogen (secondary N) is 1. The summed E-state index contributed by atoms with van der Waals surface area (Å²) in [5.74, 6) is -0.583. The van der Waals surface area contributed by atoms with E-state index in [2.05, 4.69) is 10.5 Å². The van der Waals surface area contributed by atoms with Crippen molar-refractivity contribution < 1.29 is 9.18 Å². The minimum absolute atomic E-state index is 0.276. The van der Waals surface area contributed by atoms with Crippen molar-refractivity contribution in [2.75, 3.05) is 0 Å². The first kappa shape index (κ1) is 17.6. The average molecular weight is 349 g/mol. The first-order valence-corrected chi connectivity index (χ1v) is 8.32. The number of hydrogen-bond acceptors (Lipinski definition) is 2. The van der Waals surface area contributed by atoms with Gasteiger partial charge in [-0.1, -0.05) is 30.3 Å². The molecule has 3 rings (SSSR count). The van der Waals surface area contributed by atoms with Gasteiger partial charge >= 0.3 is 0 Å². The summed E-state index contributed by atoms with van der Waals surface area (Å²) in [6.07, 6.45) is 0. The van der Waals surface area contributed by atoms with Crippen LogP contribution in [-0.4, -0.2) is 16.2 Å². The summed E-state index contributed by atoms with van der Waals surface area (Å²) in [4.78, 5) is 12.6. The molecule has 0 aliphatic rings. The normalized spacial score (nSPS) is 11.5. The van der Waals surface area contributed by atoms with Crippen molar-refractivity contribution in [2.45, 2.75) is 20.8 Å². The van der Waals surface area contributed by atoms with Crippen LogP contribution in [0, 0.1) is 19.7 Å². The number of carbonyl (C=O) groups excluding carboxylic acids is 1. The van der Waals surface area contributed by atoms with Gasteiger partial charge in [0.15, 0.2) is 0 Å². The molecule has 0 saturated heterocycles. The van der Waals surface area contributed by atoms with E-state index < -0.39 is 0 Å². The molecule has 0 aliphatic carbocycles. The van der Waals surface area contributed by atoms with Crippen LogP contribution in [-0.2, 0) is 0 Å². The zero-order valence-corrected chi connectivity index (χ0v) is 15.0. The molecule has 2 aromatic carbocycles. The van der Waals surface area contributed by atoms with E-state index in [9.17, 15) is 9.18 Å². The Bertz CT molecular complexity index is 957. The number of halogens is 1. The molecule has 0 bridgehead atoms. The molecular formula is C21H20FN3O. The minimum atomic E-state index is -0.307. The van der Waals surface area contributed by atoms with Crippen molar-refractivity contribution >= 4 is 11.6 Å². The number of nitrogens with zero attached hydrogens (tertiary/aromatic N) is 2. The van der Waals surface area contributed by atoms with Gasteiger partial charge in [-0.3, -0.25) is 4.79 Å². The average Bonchev–Trinajstić information content (AvgIpc) is 2.95. The molecule has 0 radical (unpaired) electrons. The van der Waals surface area contributed by atoms with E-state index in [0.29, 0.717) is 11.3 Å². The molecule has 1 amide bonds. The van der Waals surface area contributed by atoms with Crippen LogP contribution in [0.3, 0.4) is 0 Å². The highest BCUT2D eigenvalue weighted by Gasteiger charge is 2.16. The Kier molecular flexibility index (Phi) is 4.98. The third-order valence-corrected chi connectivity index (χ3v) is 4.28. The SMILES string of the molecule is C/C(=N/NC(=O)c1cc(C)n(-c2ccccc2)c1C)c1ccc(F)cc1. The zero-order chi connectivity index (χ0) is 18.7. The lowest BCUT2D eigenvalue weighted by molar-refractivity contribution is 0.0954. The number of hydrogen-bond donors (Lipinski definition) is 1. The molecule has 132 valence electrons. The molecule has 26 heavy (non-hydrogen) atoms. The summed E-state index contributed by atoms with van der Waals surface area (Å²) in [6.45, 7) is 5.63. The van der Waals surface area contributed by atoms with Crippen molar-refractivity contribution in [2.24, 2.45) is 5.10 Å². The maximum atomic E-state index is 13.0. The maximum Gasteiger partial charge on any atom is 0.273 e. The summed E-state index contributed by atoms with van der Waals surface area (Å²) in [6, 6.07) is 17.7. The number of hydrazone groups is 1. The van der Waals surface area contributed by atoms with Crippen LogP contribution in [0.2, 0.25) is 0 Å². The van der Waals surface area contributed by atoms with Crippen LogP contribution in [0.4, 0.5) is 4.39 Å². The highest BCUT2D eigenvalue weighted by atomic mass is 19.1. The van der Waals surface area contributed by atoms with E-state index in [1.165, 1.54) is 12.1 Å². The highest BCUT2D eigenvalue weighted by Crippen LogP contribution is 2.20. The summed E-state index contributed by atoms with van der Waals surface area (Å²) < 4.78 is 15.0. The first-order valence-electron chi connectivity index (χ1n) is 8.32. The van der Waals surface area contributed by atoms with Crippen molar-refractivity contribution in [1.29, 1.82) is 0 Å². The lowest BCUT2D eigenvalue weighted by Crippen LogP contribution is -2.20. The minimum Gasteiger partial charge on any atom is -0.318 e.